The van der Waals surface area contributed by atoms with E-state index < -0.39 is 0 Å². The predicted molar refractivity (Wildman–Crippen MR) is 124 cm³/mol. The quantitative estimate of drug-likeness (QED) is 0.329. The summed E-state index contributed by atoms with van der Waals surface area (Å²) in [6, 6.07) is 37.4. The van der Waals surface area contributed by atoms with Gasteiger partial charge in [0.05, 0.1) is 23.8 Å². The van der Waals surface area contributed by atoms with Gasteiger partial charge in [-0.15, -0.1) is 0 Å². The molecule has 30 heavy (non-hydrogen) atoms. The van der Waals surface area contributed by atoms with E-state index in [2.05, 4.69) is 84.9 Å². The van der Waals surface area contributed by atoms with Gasteiger partial charge < -0.3 is 0 Å². The van der Waals surface area contributed by atoms with Crippen LogP contribution in [0.5, 0.6) is 0 Å². The number of aromatic nitrogens is 2. The molecule has 0 aliphatic carbocycles. The molecule has 0 radical (unpaired) electrons. The molecule has 4 aromatic carbocycles. The van der Waals surface area contributed by atoms with Gasteiger partial charge in [-0.25, -0.2) is 0 Å². The van der Waals surface area contributed by atoms with Crippen molar-refractivity contribution >= 4 is 0 Å². The largest absolute Gasteiger partial charge is 0.252 e. The Kier molecular flexibility index (Phi) is 4.89. The van der Waals surface area contributed by atoms with Gasteiger partial charge in [0.25, 0.3) is 0 Å². The highest BCUT2D eigenvalue weighted by molar-refractivity contribution is 5.84. The van der Waals surface area contributed by atoms with Crippen molar-refractivity contribution in [3.05, 3.63) is 122 Å². The fourth-order valence-corrected chi connectivity index (χ4v) is 3.76. The van der Waals surface area contributed by atoms with E-state index in [1.165, 1.54) is 11.1 Å². The van der Waals surface area contributed by atoms with Gasteiger partial charge in [-0.2, -0.15) is 0 Å². The number of rotatable bonds is 4. The van der Waals surface area contributed by atoms with Crippen LogP contribution in [0.1, 0.15) is 0 Å². The number of benzene rings is 4. The first-order chi connectivity index (χ1) is 14.9. The second kappa shape index (κ2) is 8.14. The third-order valence-corrected chi connectivity index (χ3v) is 5.23. The van der Waals surface area contributed by atoms with E-state index >= 15 is 0 Å². The molecule has 0 aliphatic heterocycles. The standard InChI is InChI=1S/C28H20N2/c1-3-11-21(12-4-1)23-15-7-9-17-25(23)27-19-30-28(20-29-27)26-18-10-8-16-24(26)22-13-5-2-6-14-22/h1-20H. The van der Waals surface area contributed by atoms with Gasteiger partial charge in [-0.3, -0.25) is 9.97 Å². The van der Waals surface area contributed by atoms with Crippen LogP contribution in [0.2, 0.25) is 0 Å². The van der Waals surface area contributed by atoms with E-state index in [1.807, 2.05) is 36.7 Å². The van der Waals surface area contributed by atoms with Gasteiger partial charge in [0.2, 0.25) is 0 Å². The molecule has 1 aromatic heterocycles. The summed E-state index contributed by atoms with van der Waals surface area (Å²) in [6.45, 7) is 0. The maximum atomic E-state index is 4.78. The molecule has 1 heterocycles. The summed E-state index contributed by atoms with van der Waals surface area (Å²) >= 11 is 0. The van der Waals surface area contributed by atoms with Crippen LogP contribution in [0.15, 0.2) is 122 Å². The third-order valence-electron chi connectivity index (χ3n) is 5.23. The Balaban J connectivity index is 1.55. The van der Waals surface area contributed by atoms with Crippen LogP contribution < -0.4 is 0 Å². The van der Waals surface area contributed by atoms with Gasteiger partial charge in [0, 0.05) is 11.1 Å². The Morgan fingerprint density at radius 1 is 0.333 bits per heavy atom. The van der Waals surface area contributed by atoms with Crippen LogP contribution >= 0.6 is 0 Å². The summed E-state index contributed by atoms with van der Waals surface area (Å²) in [6.07, 6.45) is 3.75. The van der Waals surface area contributed by atoms with E-state index in [0.717, 1.165) is 33.6 Å². The molecule has 0 spiro atoms. The molecule has 0 fully saturated rings. The van der Waals surface area contributed by atoms with Crippen molar-refractivity contribution in [2.24, 2.45) is 0 Å². The zero-order chi connectivity index (χ0) is 20.2. The molecule has 0 bridgehead atoms. The molecule has 2 heteroatoms. The van der Waals surface area contributed by atoms with Crippen molar-refractivity contribution in [3.8, 4) is 44.8 Å². The molecular formula is C28H20N2. The fourth-order valence-electron chi connectivity index (χ4n) is 3.76. The van der Waals surface area contributed by atoms with Crippen molar-refractivity contribution in [2.75, 3.05) is 0 Å². The lowest BCUT2D eigenvalue weighted by Crippen LogP contribution is -1.93. The minimum absolute atomic E-state index is 0.871. The van der Waals surface area contributed by atoms with Gasteiger partial charge >= 0.3 is 0 Å². The molecule has 0 unspecified atom stereocenters. The SMILES string of the molecule is c1ccc(-c2ccccc2-c2cnc(-c3ccccc3-c3ccccc3)cn2)cc1. The van der Waals surface area contributed by atoms with E-state index in [9.17, 15) is 0 Å². The highest BCUT2D eigenvalue weighted by Crippen LogP contribution is 2.33. The van der Waals surface area contributed by atoms with E-state index in [4.69, 9.17) is 9.97 Å². The lowest BCUT2D eigenvalue weighted by atomic mass is 9.97. The fraction of sp³-hybridized carbons (Fsp3) is 0. The summed E-state index contributed by atoms with van der Waals surface area (Å²) in [7, 11) is 0. The van der Waals surface area contributed by atoms with Crippen LogP contribution in [0.25, 0.3) is 44.8 Å². The number of nitrogens with zero attached hydrogens (tertiary/aromatic N) is 2. The summed E-state index contributed by atoms with van der Waals surface area (Å²) in [5.74, 6) is 0. The van der Waals surface area contributed by atoms with Crippen LogP contribution in [-0.2, 0) is 0 Å². The smallest absolute Gasteiger partial charge is 0.0891 e. The minimum atomic E-state index is 0.871. The molecule has 142 valence electrons. The predicted octanol–water partition coefficient (Wildman–Crippen LogP) is 7.14. The summed E-state index contributed by atoms with van der Waals surface area (Å²) in [5, 5.41) is 0. The number of hydrogen-bond donors (Lipinski definition) is 0. The molecule has 0 saturated heterocycles. The topological polar surface area (TPSA) is 25.8 Å². The van der Waals surface area contributed by atoms with Crippen molar-refractivity contribution in [1.82, 2.24) is 9.97 Å². The Bertz CT molecular complexity index is 1160. The molecule has 2 nitrogen and oxygen atoms in total. The van der Waals surface area contributed by atoms with Crippen molar-refractivity contribution < 1.29 is 0 Å². The van der Waals surface area contributed by atoms with Gasteiger partial charge in [0.15, 0.2) is 0 Å². The summed E-state index contributed by atoms with van der Waals surface area (Å²) in [4.78, 5) is 9.57. The highest BCUT2D eigenvalue weighted by atomic mass is 14.8. The minimum Gasteiger partial charge on any atom is -0.252 e. The Hall–Kier alpha value is -4.04. The van der Waals surface area contributed by atoms with Gasteiger partial charge in [-0.1, -0.05) is 109 Å². The third kappa shape index (κ3) is 3.51. The van der Waals surface area contributed by atoms with Crippen LogP contribution in [0.4, 0.5) is 0 Å². The van der Waals surface area contributed by atoms with Gasteiger partial charge in [-0.05, 0) is 22.3 Å². The zero-order valence-electron chi connectivity index (χ0n) is 16.4. The van der Waals surface area contributed by atoms with Gasteiger partial charge in [0.1, 0.15) is 0 Å². The Morgan fingerprint density at radius 3 is 1.03 bits per heavy atom. The van der Waals surface area contributed by atoms with E-state index in [-0.39, 0.29) is 0 Å². The second-order valence-corrected chi connectivity index (χ2v) is 7.11. The maximum Gasteiger partial charge on any atom is 0.0891 e. The van der Waals surface area contributed by atoms with E-state index in [0.29, 0.717) is 0 Å². The molecule has 0 saturated carbocycles. The first-order valence-electron chi connectivity index (χ1n) is 10.0. The molecule has 0 amide bonds. The average molecular weight is 384 g/mol. The van der Waals surface area contributed by atoms with E-state index in [1.54, 1.807) is 0 Å². The van der Waals surface area contributed by atoms with Crippen molar-refractivity contribution in [2.45, 2.75) is 0 Å². The Morgan fingerprint density at radius 2 is 0.667 bits per heavy atom. The molecular weight excluding hydrogens is 364 g/mol. The second-order valence-electron chi connectivity index (χ2n) is 7.11. The average Bonchev–Trinajstić information content (AvgIpc) is 2.85. The lowest BCUT2D eigenvalue weighted by Gasteiger charge is -2.11. The molecule has 0 atom stereocenters. The normalized spacial score (nSPS) is 10.7. The summed E-state index contributed by atoms with van der Waals surface area (Å²) < 4.78 is 0. The maximum absolute atomic E-state index is 4.78. The van der Waals surface area contributed by atoms with Crippen molar-refractivity contribution in [3.63, 3.8) is 0 Å². The van der Waals surface area contributed by atoms with Crippen LogP contribution in [-0.4, -0.2) is 9.97 Å². The first-order valence-corrected chi connectivity index (χ1v) is 10.0. The number of hydrogen-bond acceptors (Lipinski definition) is 2. The molecule has 5 rings (SSSR count). The first kappa shape index (κ1) is 18.0. The molecule has 0 aliphatic rings. The Labute approximate surface area is 176 Å². The molecule has 5 aromatic rings. The highest BCUT2D eigenvalue weighted by Gasteiger charge is 2.11. The lowest BCUT2D eigenvalue weighted by molar-refractivity contribution is 1.21. The molecule has 0 N–H and O–H groups in total. The van der Waals surface area contributed by atoms with Crippen molar-refractivity contribution in [1.29, 1.82) is 0 Å². The monoisotopic (exact) mass is 384 g/mol. The van der Waals surface area contributed by atoms with Crippen LogP contribution in [0, 0.1) is 0 Å². The summed E-state index contributed by atoms with van der Waals surface area (Å²) in [5.41, 5.74) is 8.57. The zero-order valence-corrected chi connectivity index (χ0v) is 16.4. The van der Waals surface area contributed by atoms with Crippen LogP contribution in [0.3, 0.4) is 0 Å².